The van der Waals surface area contributed by atoms with Crippen LogP contribution in [0.5, 0.6) is 5.75 Å². The molecule has 0 atom stereocenters. The fraction of sp³-hybridized carbons (Fsp3) is 0.250. The van der Waals surface area contributed by atoms with Crippen LogP contribution in [0.15, 0.2) is 70.4 Å². The summed E-state index contributed by atoms with van der Waals surface area (Å²) < 4.78 is 6.81. The highest BCUT2D eigenvalue weighted by Gasteiger charge is 2.13. The van der Waals surface area contributed by atoms with Crippen LogP contribution in [0.1, 0.15) is 42.3 Å². The van der Waals surface area contributed by atoms with E-state index in [1.54, 1.807) is 24.3 Å². The van der Waals surface area contributed by atoms with Gasteiger partial charge in [0.15, 0.2) is 0 Å². The van der Waals surface area contributed by atoms with Crippen LogP contribution in [-0.4, -0.2) is 21.4 Å². The summed E-state index contributed by atoms with van der Waals surface area (Å²) in [6.07, 6.45) is 1.20. The molecule has 9 nitrogen and oxygen atoms in total. The molecule has 1 aromatic heterocycles. The van der Waals surface area contributed by atoms with E-state index >= 15 is 0 Å². The zero-order valence-corrected chi connectivity index (χ0v) is 18.7. The van der Waals surface area contributed by atoms with Gasteiger partial charge >= 0.3 is 5.69 Å². The standard InChI is InChI=1S/C24H26N4O5/c1-24(2,3)18-8-10-19(11-9-18)33-15-16-4-6-17(7-5-16)22(31)27-26-21(30)14-28-13-12-20(29)25-23(28)32/h4-13H,14-15H2,1-3H3,(H,26,30)(H,27,31)(H,25,29,32). The molecule has 2 amide bonds. The minimum Gasteiger partial charge on any atom is -0.489 e. The number of nitrogens with zero attached hydrogens (tertiary/aromatic N) is 1. The third-order valence-corrected chi connectivity index (χ3v) is 4.87. The Morgan fingerprint density at radius 3 is 2.21 bits per heavy atom. The number of hydrogen-bond acceptors (Lipinski definition) is 5. The van der Waals surface area contributed by atoms with Gasteiger partial charge in [-0.1, -0.05) is 45.0 Å². The summed E-state index contributed by atoms with van der Waals surface area (Å²) in [4.78, 5) is 48.9. The molecule has 0 aliphatic heterocycles. The Balaban J connectivity index is 1.48. The lowest BCUT2D eigenvalue weighted by Crippen LogP contribution is -2.44. The lowest BCUT2D eigenvalue weighted by atomic mass is 9.87. The third kappa shape index (κ3) is 6.67. The molecule has 3 rings (SSSR count). The molecule has 0 aliphatic carbocycles. The van der Waals surface area contributed by atoms with E-state index in [1.807, 2.05) is 29.2 Å². The summed E-state index contributed by atoms with van der Waals surface area (Å²) in [5.41, 5.74) is 5.77. The number of hydrogen-bond donors (Lipinski definition) is 3. The molecule has 2 aromatic carbocycles. The minimum atomic E-state index is -0.716. The van der Waals surface area contributed by atoms with Crippen molar-refractivity contribution in [1.29, 1.82) is 0 Å². The molecule has 9 heteroatoms. The Hall–Kier alpha value is -4.14. The first kappa shape index (κ1) is 23.5. The van der Waals surface area contributed by atoms with Gasteiger partial charge in [-0.05, 0) is 40.8 Å². The second kappa shape index (κ2) is 9.99. The first-order chi connectivity index (χ1) is 15.6. The predicted octanol–water partition coefficient (Wildman–Crippen LogP) is 1.87. The second-order valence-electron chi connectivity index (χ2n) is 8.50. The van der Waals surface area contributed by atoms with Crippen molar-refractivity contribution in [3.8, 4) is 5.75 Å². The lowest BCUT2D eigenvalue weighted by Gasteiger charge is -2.19. The van der Waals surface area contributed by atoms with Crippen LogP contribution in [0, 0.1) is 0 Å². The number of aromatic nitrogens is 2. The SMILES string of the molecule is CC(C)(C)c1ccc(OCc2ccc(C(=O)NNC(=O)Cn3ccc(=O)[nH]c3=O)cc2)cc1. The molecule has 1 heterocycles. The van der Waals surface area contributed by atoms with E-state index in [9.17, 15) is 19.2 Å². The Morgan fingerprint density at radius 1 is 0.939 bits per heavy atom. The molecular formula is C24H26N4O5. The van der Waals surface area contributed by atoms with E-state index in [4.69, 9.17) is 4.74 Å². The normalized spacial score (nSPS) is 11.0. The molecule has 0 fully saturated rings. The van der Waals surface area contributed by atoms with Crippen molar-refractivity contribution in [2.45, 2.75) is 39.3 Å². The summed E-state index contributed by atoms with van der Waals surface area (Å²) in [5, 5.41) is 0. The number of hydrazine groups is 1. The van der Waals surface area contributed by atoms with Crippen molar-refractivity contribution in [3.05, 3.63) is 98.3 Å². The molecule has 0 spiro atoms. The van der Waals surface area contributed by atoms with Crippen molar-refractivity contribution >= 4 is 11.8 Å². The van der Waals surface area contributed by atoms with Crippen LogP contribution < -0.4 is 26.8 Å². The number of H-pyrrole nitrogens is 1. The van der Waals surface area contributed by atoms with Gasteiger partial charge in [-0.3, -0.25) is 34.8 Å². The van der Waals surface area contributed by atoms with Crippen molar-refractivity contribution in [2.24, 2.45) is 0 Å². The number of nitrogens with one attached hydrogen (secondary N) is 3. The third-order valence-electron chi connectivity index (χ3n) is 4.87. The molecule has 0 bridgehead atoms. The highest BCUT2D eigenvalue weighted by Crippen LogP contribution is 2.24. The molecule has 172 valence electrons. The van der Waals surface area contributed by atoms with Crippen molar-refractivity contribution in [3.63, 3.8) is 0 Å². The number of carbonyl (C=O) groups excluding carboxylic acids is 2. The number of ether oxygens (including phenoxy) is 1. The van der Waals surface area contributed by atoms with Crippen LogP contribution in [-0.2, 0) is 23.4 Å². The van der Waals surface area contributed by atoms with Crippen molar-refractivity contribution in [1.82, 2.24) is 20.4 Å². The first-order valence-electron chi connectivity index (χ1n) is 10.3. The molecule has 0 saturated carbocycles. The van der Waals surface area contributed by atoms with E-state index in [0.717, 1.165) is 21.9 Å². The van der Waals surface area contributed by atoms with E-state index in [-0.39, 0.29) is 12.0 Å². The Labute approximate surface area is 190 Å². The largest absolute Gasteiger partial charge is 0.489 e. The molecule has 33 heavy (non-hydrogen) atoms. The Bertz CT molecular complexity index is 1240. The van der Waals surface area contributed by atoms with Gasteiger partial charge in [-0.2, -0.15) is 0 Å². The molecule has 3 aromatic rings. The molecular weight excluding hydrogens is 424 g/mol. The maximum atomic E-state index is 12.2. The van der Waals surface area contributed by atoms with Gasteiger partial charge in [0.1, 0.15) is 18.9 Å². The van der Waals surface area contributed by atoms with Gasteiger partial charge in [-0.15, -0.1) is 0 Å². The second-order valence-corrected chi connectivity index (χ2v) is 8.50. The van der Waals surface area contributed by atoms with Crippen molar-refractivity contribution in [2.75, 3.05) is 0 Å². The zero-order valence-electron chi connectivity index (χ0n) is 18.7. The maximum absolute atomic E-state index is 12.2. The molecule has 0 aliphatic rings. The summed E-state index contributed by atoms with van der Waals surface area (Å²) in [7, 11) is 0. The van der Waals surface area contributed by atoms with Crippen LogP contribution in [0.25, 0.3) is 0 Å². The Morgan fingerprint density at radius 2 is 1.61 bits per heavy atom. The average molecular weight is 450 g/mol. The quantitative estimate of drug-likeness (QED) is 0.495. The Kier molecular flexibility index (Phi) is 7.12. The smallest absolute Gasteiger partial charge is 0.328 e. The molecule has 0 unspecified atom stereocenters. The fourth-order valence-electron chi connectivity index (χ4n) is 2.93. The highest BCUT2D eigenvalue weighted by atomic mass is 16.5. The van der Waals surface area contributed by atoms with Crippen LogP contribution in [0.4, 0.5) is 0 Å². The number of amides is 2. The van der Waals surface area contributed by atoms with Crippen LogP contribution in [0.3, 0.4) is 0 Å². The zero-order chi connectivity index (χ0) is 24.0. The van der Waals surface area contributed by atoms with E-state index in [1.165, 1.54) is 11.8 Å². The van der Waals surface area contributed by atoms with Gasteiger partial charge in [0.2, 0.25) is 0 Å². The first-order valence-corrected chi connectivity index (χ1v) is 10.3. The predicted molar refractivity (Wildman–Crippen MR) is 123 cm³/mol. The van der Waals surface area contributed by atoms with E-state index in [0.29, 0.717) is 12.2 Å². The highest BCUT2D eigenvalue weighted by molar-refractivity contribution is 5.95. The van der Waals surface area contributed by atoms with Crippen LogP contribution >= 0.6 is 0 Å². The summed E-state index contributed by atoms with van der Waals surface area (Å²) in [6.45, 7) is 6.45. The van der Waals surface area contributed by atoms with E-state index in [2.05, 4.69) is 31.6 Å². The number of carbonyl (C=O) groups is 2. The topological polar surface area (TPSA) is 122 Å². The molecule has 3 N–H and O–H groups in total. The van der Waals surface area contributed by atoms with Gasteiger partial charge in [0.05, 0.1) is 0 Å². The van der Waals surface area contributed by atoms with Gasteiger partial charge in [0.25, 0.3) is 17.4 Å². The number of aromatic amines is 1. The molecule has 0 radical (unpaired) electrons. The van der Waals surface area contributed by atoms with Gasteiger partial charge in [-0.25, -0.2) is 4.79 Å². The number of rotatable bonds is 6. The van der Waals surface area contributed by atoms with Gasteiger partial charge < -0.3 is 4.74 Å². The maximum Gasteiger partial charge on any atom is 0.328 e. The summed E-state index contributed by atoms with van der Waals surface area (Å²) >= 11 is 0. The summed E-state index contributed by atoms with van der Waals surface area (Å²) in [5.74, 6) is -0.378. The fourth-order valence-corrected chi connectivity index (χ4v) is 2.93. The summed E-state index contributed by atoms with van der Waals surface area (Å²) in [6, 6.07) is 15.9. The van der Waals surface area contributed by atoms with Gasteiger partial charge in [0, 0.05) is 17.8 Å². The monoisotopic (exact) mass is 450 g/mol. The lowest BCUT2D eigenvalue weighted by molar-refractivity contribution is -0.122. The number of benzene rings is 2. The average Bonchev–Trinajstić information content (AvgIpc) is 2.78. The molecule has 0 saturated heterocycles. The van der Waals surface area contributed by atoms with Crippen molar-refractivity contribution < 1.29 is 14.3 Å². The van der Waals surface area contributed by atoms with Crippen LogP contribution in [0.2, 0.25) is 0 Å². The van der Waals surface area contributed by atoms with E-state index < -0.39 is 23.1 Å². The minimum absolute atomic E-state index is 0.0775.